The molecule has 4 nitrogen and oxygen atoms in total. The number of carbonyl (C=O) groups is 1. The molecule has 3 aromatic rings. The summed E-state index contributed by atoms with van der Waals surface area (Å²) in [5.74, 6) is 0.00532. The maximum atomic E-state index is 12.2. The van der Waals surface area contributed by atoms with Gasteiger partial charge in [0.2, 0.25) is 0 Å². The second-order valence-corrected chi connectivity index (χ2v) is 7.63. The number of aromatic amines is 1. The minimum absolute atomic E-state index is 0.00532. The molecule has 1 amide bonds. The van der Waals surface area contributed by atoms with E-state index in [1.165, 1.54) is 28.6 Å². The average molecular weight is 376 g/mol. The van der Waals surface area contributed by atoms with Crippen LogP contribution in [0.25, 0.3) is 10.9 Å². The van der Waals surface area contributed by atoms with E-state index < -0.39 is 0 Å². The van der Waals surface area contributed by atoms with Gasteiger partial charge in [-0.05, 0) is 74.9 Å². The maximum Gasteiger partial charge on any atom is 0.251 e. The van der Waals surface area contributed by atoms with Crippen LogP contribution in [0.5, 0.6) is 0 Å². The molecule has 3 N–H and O–H groups in total. The molecule has 1 unspecified atom stereocenters. The number of carbonyl (C=O) groups excluding carboxylic acids is 1. The summed E-state index contributed by atoms with van der Waals surface area (Å²) in [6, 6.07) is 17.1. The molecule has 1 aromatic heterocycles. The first kappa shape index (κ1) is 18.8. The largest absolute Gasteiger partial charge is 0.357 e. The Morgan fingerprint density at radius 3 is 2.86 bits per heavy atom. The third-order valence-electron chi connectivity index (χ3n) is 5.68. The van der Waals surface area contributed by atoms with E-state index in [1.54, 1.807) is 0 Å². The van der Waals surface area contributed by atoms with Crippen LogP contribution >= 0.6 is 0 Å². The van der Waals surface area contributed by atoms with Crippen LogP contribution in [0.15, 0.2) is 48.5 Å². The summed E-state index contributed by atoms with van der Waals surface area (Å²) in [7, 11) is 0. The van der Waals surface area contributed by atoms with Gasteiger partial charge in [0.25, 0.3) is 5.91 Å². The van der Waals surface area contributed by atoms with Crippen LogP contribution in [0.3, 0.4) is 0 Å². The monoisotopic (exact) mass is 375 g/mol. The summed E-state index contributed by atoms with van der Waals surface area (Å²) in [4.78, 5) is 15.8. The molecule has 0 spiro atoms. The number of aryl methyl sites for hydroxylation is 2. The van der Waals surface area contributed by atoms with Crippen molar-refractivity contribution in [1.82, 2.24) is 15.6 Å². The van der Waals surface area contributed by atoms with Crippen molar-refractivity contribution >= 4 is 16.8 Å². The molecular weight excluding hydrogens is 346 g/mol. The normalized spacial score (nSPS) is 16.1. The van der Waals surface area contributed by atoms with Crippen molar-refractivity contribution in [2.45, 2.75) is 45.1 Å². The minimum atomic E-state index is 0.00532. The van der Waals surface area contributed by atoms with E-state index in [0.717, 1.165) is 43.3 Å². The lowest BCUT2D eigenvalue weighted by atomic mass is 9.91. The Bertz CT molecular complexity index is 945. The van der Waals surface area contributed by atoms with Crippen LogP contribution in [-0.2, 0) is 12.8 Å². The zero-order valence-electron chi connectivity index (χ0n) is 16.6. The summed E-state index contributed by atoms with van der Waals surface area (Å²) in [5.41, 5.74) is 5.98. The van der Waals surface area contributed by atoms with E-state index in [0.29, 0.717) is 12.6 Å². The average Bonchev–Trinajstić information content (AvgIpc) is 3.11. The molecule has 0 aliphatic heterocycles. The molecule has 0 saturated heterocycles. The predicted molar refractivity (Wildman–Crippen MR) is 115 cm³/mol. The smallest absolute Gasteiger partial charge is 0.251 e. The lowest BCUT2D eigenvalue weighted by Crippen LogP contribution is -2.26. The van der Waals surface area contributed by atoms with Gasteiger partial charge in [-0.1, -0.05) is 30.3 Å². The van der Waals surface area contributed by atoms with Gasteiger partial charge in [0.15, 0.2) is 0 Å². The number of aromatic nitrogens is 1. The van der Waals surface area contributed by atoms with Gasteiger partial charge in [-0.25, -0.2) is 0 Å². The molecule has 0 radical (unpaired) electrons. The Morgan fingerprint density at radius 2 is 2.04 bits per heavy atom. The van der Waals surface area contributed by atoms with Crippen LogP contribution in [0.2, 0.25) is 0 Å². The van der Waals surface area contributed by atoms with Gasteiger partial charge in [0, 0.05) is 34.7 Å². The van der Waals surface area contributed by atoms with E-state index in [9.17, 15) is 4.79 Å². The number of rotatable bonds is 7. The van der Waals surface area contributed by atoms with Crippen molar-refractivity contribution in [3.63, 3.8) is 0 Å². The van der Waals surface area contributed by atoms with E-state index in [1.807, 2.05) is 25.1 Å². The first-order valence-electron chi connectivity index (χ1n) is 10.5. The second kappa shape index (κ2) is 8.61. The molecule has 1 atom stereocenters. The zero-order chi connectivity index (χ0) is 19.3. The molecule has 2 aromatic carbocycles. The Hall–Kier alpha value is -2.59. The molecular formula is C24H29N3O. The molecule has 28 heavy (non-hydrogen) atoms. The van der Waals surface area contributed by atoms with E-state index in [2.05, 4.69) is 45.9 Å². The number of hydrogen-bond donors (Lipinski definition) is 3. The lowest BCUT2D eigenvalue weighted by molar-refractivity contribution is 0.0956. The Morgan fingerprint density at radius 1 is 1.18 bits per heavy atom. The molecule has 0 fully saturated rings. The first-order valence-corrected chi connectivity index (χ1v) is 10.5. The zero-order valence-corrected chi connectivity index (χ0v) is 16.6. The SMILES string of the molecule is CCNC(=O)c1ccc2[nH]c3c(c2c1)CCCC3NCCCc1ccccc1. The van der Waals surface area contributed by atoms with Crippen LogP contribution in [0.4, 0.5) is 0 Å². The van der Waals surface area contributed by atoms with Gasteiger partial charge in [0.05, 0.1) is 0 Å². The third-order valence-corrected chi connectivity index (χ3v) is 5.68. The second-order valence-electron chi connectivity index (χ2n) is 7.63. The van der Waals surface area contributed by atoms with Gasteiger partial charge >= 0.3 is 0 Å². The predicted octanol–water partition coefficient (Wildman–Crippen LogP) is 4.52. The highest BCUT2D eigenvalue weighted by Crippen LogP contribution is 2.35. The summed E-state index contributed by atoms with van der Waals surface area (Å²) in [5, 5.41) is 7.85. The molecule has 0 bridgehead atoms. The van der Waals surface area contributed by atoms with Crippen molar-refractivity contribution in [2.75, 3.05) is 13.1 Å². The van der Waals surface area contributed by atoms with E-state index in [-0.39, 0.29) is 5.91 Å². The Labute approximate surface area is 166 Å². The highest BCUT2D eigenvalue weighted by atomic mass is 16.1. The molecule has 0 saturated carbocycles. The standard InChI is InChI=1S/C24H29N3O/c1-2-25-24(28)18-13-14-21-20(16-18)19-11-6-12-22(23(19)27-21)26-15-7-10-17-8-4-3-5-9-17/h3-5,8-9,13-14,16,22,26-27H,2,6-7,10-12,15H2,1H3,(H,25,28). The highest BCUT2D eigenvalue weighted by molar-refractivity contribution is 5.99. The van der Waals surface area contributed by atoms with E-state index >= 15 is 0 Å². The van der Waals surface area contributed by atoms with Crippen molar-refractivity contribution in [2.24, 2.45) is 0 Å². The van der Waals surface area contributed by atoms with Gasteiger partial charge in [-0.15, -0.1) is 0 Å². The lowest BCUT2D eigenvalue weighted by Gasteiger charge is -2.24. The third kappa shape index (κ3) is 3.97. The fourth-order valence-corrected chi connectivity index (χ4v) is 4.28. The van der Waals surface area contributed by atoms with E-state index in [4.69, 9.17) is 0 Å². The summed E-state index contributed by atoms with van der Waals surface area (Å²) >= 11 is 0. The maximum absolute atomic E-state index is 12.2. The van der Waals surface area contributed by atoms with Gasteiger partial charge in [-0.3, -0.25) is 4.79 Å². The number of benzene rings is 2. The van der Waals surface area contributed by atoms with Crippen molar-refractivity contribution in [3.8, 4) is 0 Å². The summed E-state index contributed by atoms with van der Waals surface area (Å²) < 4.78 is 0. The Balaban J connectivity index is 1.46. The fraction of sp³-hybridized carbons (Fsp3) is 0.375. The minimum Gasteiger partial charge on any atom is -0.357 e. The Kier molecular flexibility index (Phi) is 5.77. The van der Waals surface area contributed by atoms with Crippen LogP contribution in [-0.4, -0.2) is 24.0 Å². The molecule has 1 aliphatic rings. The fourth-order valence-electron chi connectivity index (χ4n) is 4.28. The van der Waals surface area contributed by atoms with Crippen LogP contribution < -0.4 is 10.6 Å². The summed E-state index contributed by atoms with van der Waals surface area (Å²) in [6.07, 6.45) is 5.67. The summed E-state index contributed by atoms with van der Waals surface area (Å²) in [6.45, 7) is 3.61. The molecule has 1 heterocycles. The van der Waals surface area contributed by atoms with Gasteiger partial charge in [-0.2, -0.15) is 0 Å². The highest BCUT2D eigenvalue weighted by Gasteiger charge is 2.24. The topological polar surface area (TPSA) is 56.9 Å². The van der Waals surface area contributed by atoms with Gasteiger partial charge < -0.3 is 15.6 Å². The molecule has 4 rings (SSSR count). The van der Waals surface area contributed by atoms with Crippen molar-refractivity contribution in [1.29, 1.82) is 0 Å². The number of hydrogen-bond acceptors (Lipinski definition) is 2. The number of fused-ring (bicyclic) bond motifs is 3. The van der Waals surface area contributed by atoms with Gasteiger partial charge in [0.1, 0.15) is 0 Å². The molecule has 1 aliphatic carbocycles. The van der Waals surface area contributed by atoms with Crippen LogP contribution in [0.1, 0.15) is 59.4 Å². The first-order chi connectivity index (χ1) is 13.8. The quantitative estimate of drug-likeness (QED) is 0.532. The van der Waals surface area contributed by atoms with Crippen molar-refractivity contribution in [3.05, 3.63) is 70.9 Å². The molecule has 146 valence electrons. The number of H-pyrrole nitrogens is 1. The van der Waals surface area contributed by atoms with Crippen LogP contribution in [0, 0.1) is 0 Å². The number of amides is 1. The number of nitrogens with one attached hydrogen (secondary N) is 3. The molecule has 4 heteroatoms. The van der Waals surface area contributed by atoms with Crippen molar-refractivity contribution < 1.29 is 4.79 Å².